The predicted octanol–water partition coefficient (Wildman–Crippen LogP) is 7.26. The van der Waals surface area contributed by atoms with E-state index in [0.29, 0.717) is 31.4 Å². The van der Waals surface area contributed by atoms with Gasteiger partial charge in [0.2, 0.25) is 0 Å². The Labute approximate surface area is 350 Å². The number of Topliss-reactive ketones (excluding diaryl/α,β-unsaturated/α-hetero) is 1. The van der Waals surface area contributed by atoms with E-state index in [1.54, 1.807) is 29.3 Å². The minimum Gasteiger partial charge on any atom is -0.460 e. The number of ether oxygens (including phenoxy) is 3. The number of carbonyl (C=O) groups is 5. The second-order valence-corrected chi connectivity index (χ2v) is 15.6. The fourth-order valence-electron chi connectivity index (χ4n) is 6.60. The van der Waals surface area contributed by atoms with Gasteiger partial charge in [-0.2, -0.15) is 0 Å². The Bertz CT molecular complexity index is 1730. The highest BCUT2D eigenvalue weighted by molar-refractivity contribution is 5.91. The van der Waals surface area contributed by atoms with E-state index >= 15 is 4.79 Å². The Hall–Kier alpha value is -5.27. The SMILES string of the molecule is CCCC(=O)OC(CN(CC(C)C)NC(=O)[C@@H](NC(=O)OCc1ccccc1)[C@@H](C)CC)C(C(=O)[C@@H](NC(=O)OCc1ccccc1)[C@@H](C)CC)C(N)c1ccccc1. The maximum absolute atomic E-state index is 15.1. The smallest absolute Gasteiger partial charge is 0.408 e. The number of hydrazine groups is 1. The monoisotopic (exact) mass is 815 g/mol. The molecule has 0 bridgehead atoms. The Morgan fingerprint density at radius 3 is 1.61 bits per heavy atom. The van der Waals surface area contributed by atoms with Crippen molar-refractivity contribution < 1.29 is 38.2 Å². The number of hydrogen-bond donors (Lipinski definition) is 4. The zero-order chi connectivity index (χ0) is 43.3. The van der Waals surface area contributed by atoms with Crippen molar-refractivity contribution in [1.29, 1.82) is 0 Å². The van der Waals surface area contributed by atoms with Crippen LogP contribution in [0, 0.1) is 23.7 Å². The highest BCUT2D eigenvalue weighted by atomic mass is 16.6. The molecule has 0 heterocycles. The van der Waals surface area contributed by atoms with Crippen LogP contribution in [0.4, 0.5) is 9.59 Å². The standard InChI is InChI=1S/C46H65N5O8/c1-8-20-38(52)59-37(28-51(27-31(4)5)50-44(54)42(33(7)10-3)49-46(56)58-30-35-23-16-12-17-24-35)39(40(47)36-25-18-13-19-26-36)43(53)41(32(6)9-2)48-45(55)57-29-34-21-14-11-15-22-34/h11-19,21-26,31-33,37,39-42H,8-10,20,27-30,47H2,1-7H3,(H,48,55)(H,49,56)(H,50,54)/t32-,33-,37?,39?,40?,41-,42-/m0/s1. The van der Waals surface area contributed by atoms with Crippen LogP contribution in [0.25, 0.3) is 0 Å². The first-order valence-electron chi connectivity index (χ1n) is 20.8. The number of amides is 3. The highest BCUT2D eigenvalue weighted by Crippen LogP contribution is 2.30. The van der Waals surface area contributed by atoms with Gasteiger partial charge in [-0.3, -0.25) is 19.8 Å². The number of rotatable bonds is 24. The topological polar surface area (TPSA) is 178 Å². The van der Waals surface area contributed by atoms with Crippen LogP contribution >= 0.6 is 0 Å². The van der Waals surface area contributed by atoms with Gasteiger partial charge in [0.15, 0.2) is 5.78 Å². The van der Waals surface area contributed by atoms with Gasteiger partial charge in [-0.15, -0.1) is 0 Å². The molecule has 7 atom stereocenters. The number of carbonyl (C=O) groups excluding carboxylic acids is 5. The summed E-state index contributed by atoms with van der Waals surface area (Å²) in [7, 11) is 0. The largest absolute Gasteiger partial charge is 0.460 e. The van der Waals surface area contributed by atoms with Crippen molar-refractivity contribution in [2.45, 2.75) is 112 Å². The molecule has 3 amide bonds. The number of alkyl carbamates (subject to hydrolysis) is 2. The molecule has 5 N–H and O–H groups in total. The summed E-state index contributed by atoms with van der Waals surface area (Å²) in [5, 5.41) is 7.16. The molecule has 3 rings (SSSR count). The third-order valence-electron chi connectivity index (χ3n) is 10.3. The number of benzene rings is 3. The first-order valence-corrected chi connectivity index (χ1v) is 20.8. The van der Waals surface area contributed by atoms with Gasteiger partial charge in [0.05, 0.1) is 18.5 Å². The molecular weight excluding hydrogens is 751 g/mol. The van der Waals surface area contributed by atoms with E-state index in [9.17, 15) is 19.2 Å². The lowest BCUT2D eigenvalue weighted by molar-refractivity contribution is -0.157. The zero-order valence-corrected chi connectivity index (χ0v) is 35.7. The van der Waals surface area contributed by atoms with E-state index in [2.05, 4.69) is 16.1 Å². The maximum Gasteiger partial charge on any atom is 0.408 e. The molecule has 0 aliphatic carbocycles. The molecule has 0 aliphatic heterocycles. The molecule has 0 spiro atoms. The van der Waals surface area contributed by atoms with Gasteiger partial charge in [0, 0.05) is 19.0 Å². The molecule has 322 valence electrons. The van der Waals surface area contributed by atoms with Crippen LogP contribution in [0.5, 0.6) is 0 Å². The van der Waals surface area contributed by atoms with Crippen LogP contribution in [-0.2, 0) is 41.8 Å². The molecule has 3 unspecified atom stereocenters. The summed E-state index contributed by atoms with van der Waals surface area (Å²) in [6.07, 6.45) is -1.04. The Morgan fingerprint density at radius 1 is 0.661 bits per heavy atom. The average Bonchev–Trinajstić information content (AvgIpc) is 3.23. The van der Waals surface area contributed by atoms with Gasteiger partial charge >= 0.3 is 18.2 Å². The molecule has 3 aromatic rings. The van der Waals surface area contributed by atoms with Gasteiger partial charge < -0.3 is 30.6 Å². The Kier molecular flexibility index (Phi) is 20.6. The van der Waals surface area contributed by atoms with Crippen LogP contribution < -0.4 is 21.8 Å². The van der Waals surface area contributed by atoms with Crippen molar-refractivity contribution in [2.24, 2.45) is 29.4 Å². The second-order valence-electron chi connectivity index (χ2n) is 15.6. The van der Waals surface area contributed by atoms with Crippen LogP contribution in [-0.4, -0.2) is 66.1 Å². The third kappa shape index (κ3) is 16.1. The fraction of sp³-hybridized carbons (Fsp3) is 0.500. The lowest BCUT2D eigenvalue weighted by Crippen LogP contribution is -2.59. The molecule has 0 saturated carbocycles. The van der Waals surface area contributed by atoms with Crippen LogP contribution in [0.2, 0.25) is 0 Å². The Morgan fingerprint density at radius 2 is 1.14 bits per heavy atom. The van der Waals surface area contributed by atoms with E-state index in [4.69, 9.17) is 19.9 Å². The van der Waals surface area contributed by atoms with E-state index < -0.39 is 60.0 Å². The molecule has 0 aliphatic rings. The number of nitrogens with zero attached hydrogens (tertiary/aromatic N) is 1. The van der Waals surface area contributed by atoms with Crippen LogP contribution in [0.15, 0.2) is 91.0 Å². The van der Waals surface area contributed by atoms with E-state index in [1.807, 2.05) is 115 Å². The summed E-state index contributed by atoms with van der Waals surface area (Å²) in [6.45, 7) is 13.5. The zero-order valence-electron chi connectivity index (χ0n) is 35.7. The molecule has 3 aromatic carbocycles. The number of ketones is 1. The van der Waals surface area contributed by atoms with Gasteiger partial charge in [0.25, 0.3) is 5.91 Å². The van der Waals surface area contributed by atoms with Crippen molar-refractivity contribution in [3.05, 3.63) is 108 Å². The summed E-state index contributed by atoms with van der Waals surface area (Å²) in [4.78, 5) is 69.0. The molecular formula is C46H65N5O8. The first kappa shape index (κ1) is 48.1. The lowest BCUT2D eigenvalue weighted by atomic mass is 9.79. The van der Waals surface area contributed by atoms with Crippen molar-refractivity contribution in [2.75, 3.05) is 13.1 Å². The molecule has 13 heteroatoms. The molecule has 0 fully saturated rings. The van der Waals surface area contributed by atoms with E-state index in [-0.39, 0.29) is 43.9 Å². The summed E-state index contributed by atoms with van der Waals surface area (Å²) < 4.78 is 17.2. The number of esters is 1. The van der Waals surface area contributed by atoms with Crippen molar-refractivity contribution >= 4 is 29.8 Å². The van der Waals surface area contributed by atoms with Gasteiger partial charge in [-0.1, -0.05) is 152 Å². The fourth-order valence-corrected chi connectivity index (χ4v) is 6.60. The predicted molar refractivity (Wildman–Crippen MR) is 227 cm³/mol. The van der Waals surface area contributed by atoms with Crippen molar-refractivity contribution in [3.63, 3.8) is 0 Å². The number of hydrogen-bond acceptors (Lipinski definition) is 10. The minimum atomic E-state index is -1.19. The van der Waals surface area contributed by atoms with Gasteiger partial charge in [0.1, 0.15) is 25.4 Å². The summed E-state index contributed by atoms with van der Waals surface area (Å²) in [5.41, 5.74) is 12.2. The van der Waals surface area contributed by atoms with E-state index in [1.165, 1.54) is 0 Å². The number of nitrogens with one attached hydrogen (secondary N) is 3. The van der Waals surface area contributed by atoms with Crippen LogP contribution in [0.3, 0.4) is 0 Å². The molecule has 59 heavy (non-hydrogen) atoms. The summed E-state index contributed by atoms with van der Waals surface area (Å²) >= 11 is 0. The quantitative estimate of drug-likeness (QED) is 0.0409. The average molecular weight is 816 g/mol. The normalized spacial score (nSPS) is 14.8. The first-order chi connectivity index (χ1) is 28.3. The van der Waals surface area contributed by atoms with Gasteiger partial charge in [-0.05, 0) is 40.9 Å². The summed E-state index contributed by atoms with van der Waals surface area (Å²) in [5.74, 6) is -3.33. The minimum absolute atomic E-state index is 0.000584. The molecule has 0 aromatic heterocycles. The van der Waals surface area contributed by atoms with E-state index in [0.717, 1.165) is 11.1 Å². The highest BCUT2D eigenvalue weighted by Gasteiger charge is 2.43. The maximum atomic E-state index is 15.1. The Balaban J connectivity index is 2.00. The third-order valence-corrected chi connectivity index (χ3v) is 10.3. The molecule has 0 radical (unpaired) electrons. The lowest BCUT2D eigenvalue weighted by Gasteiger charge is -2.38. The molecule has 13 nitrogen and oxygen atoms in total. The number of nitrogens with two attached hydrogens (primary N) is 1. The second kappa shape index (κ2) is 25.3. The summed E-state index contributed by atoms with van der Waals surface area (Å²) in [6, 6.07) is 24.4. The van der Waals surface area contributed by atoms with Gasteiger partial charge in [-0.25, -0.2) is 14.6 Å². The van der Waals surface area contributed by atoms with Crippen LogP contribution in [0.1, 0.15) is 96.9 Å². The molecule has 0 saturated heterocycles. The van der Waals surface area contributed by atoms with Crippen molar-refractivity contribution in [1.82, 2.24) is 21.1 Å². The van der Waals surface area contributed by atoms with Crippen molar-refractivity contribution in [3.8, 4) is 0 Å².